The van der Waals surface area contributed by atoms with Crippen molar-refractivity contribution in [2.45, 2.75) is 12.3 Å². The van der Waals surface area contributed by atoms with Gasteiger partial charge in [-0.05, 0) is 24.0 Å². The Bertz CT molecular complexity index is 596. The van der Waals surface area contributed by atoms with Crippen LogP contribution in [0.3, 0.4) is 0 Å². The fourth-order valence-corrected chi connectivity index (χ4v) is 2.36. The van der Waals surface area contributed by atoms with Gasteiger partial charge in [0, 0.05) is 12.0 Å². The number of carbonyl (C=O) groups excluding carboxylic acids is 1. The molecule has 0 aliphatic heterocycles. The lowest BCUT2D eigenvalue weighted by molar-refractivity contribution is -0.117. The van der Waals surface area contributed by atoms with Crippen LogP contribution in [0.4, 0.5) is 5.69 Å². The van der Waals surface area contributed by atoms with Gasteiger partial charge < -0.3 is 10.1 Å². The van der Waals surface area contributed by atoms with E-state index in [0.29, 0.717) is 17.5 Å². The third-order valence-electron chi connectivity index (χ3n) is 3.57. The van der Waals surface area contributed by atoms with Gasteiger partial charge in [0.2, 0.25) is 11.8 Å². The molecule has 1 aromatic heterocycles. The summed E-state index contributed by atoms with van der Waals surface area (Å²) in [4.78, 5) is 16.2. The maximum absolute atomic E-state index is 12.1. The van der Waals surface area contributed by atoms with Crippen LogP contribution < -0.4 is 10.1 Å². The van der Waals surface area contributed by atoms with Gasteiger partial charge in [0.05, 0.1) is 19.0 Å². The van der Waals surface area contributed by atoms with Crippen LogP contribution in [0.25, 0.3) is 0 Å². The van der Waals surface area contributed by atoms with Crippen LogP contribution in [0.1, 0.15) is 17.9 Å². The molecule has 0 bridgehead atoms. The van der Waals surface area contributed by atoms with E-state index >= 15 is 0 Å². The number of anilines is 1. The van der Waals surface area contributed by atoms with Crippen molar-refractivity contribution >= 4 is 11.6 Å². The molecule has 1 N–H and O–H groups in total. The largest absolute Gasteiger partial charge is 0.481 e. The van der Waals surface area contributed by atoms with E-state index in [2.05, 4.69) is 22.4 Å². The first-order valence-electron chi connectivity index (χ1n) is 6.64. The van der Waals surface area contributed by atoms with Crippen LogP contribution in [0.2, 0.25) is 0 Å². The smallest absolute Gasteiger partial charge is 0.228 e. The summed E-state index contributed by atoms with van der Waals surface area (Å²) in [6.45, 7) is 0. The molecule has 0 radical (unpaired) electrons. The van der Waals surface area contributed by atoms with Gasteiger partial charge in [-0.3, -0.25) is 4.79 Å². The Morgan fingerprint density at radius 2 is 2.05 bits per heavy atom. The molecule has 0 saturated heterocycles. The Kier molecular flexibility index (Phi) is 3.37. The Morgan fingerprint density at radius 3 is 2.70 bits per heavy atom. The first-order valence-corrected chi connectivity index (χ1v) is 6.64. The molecule has 1 aliphatic carbocycles. The zero-order valence-corrected chi connectivity index (χ0v) is 11.2. The minimum absolute atomic E-state index is 0.0609. The SMILES string of the molecule is COc1ccc(NC(=O)C2CC2c2ccccc2)cn1. The molecule has 1 amide bonds. The quantitative estimate of drug-likeness (QED) is 0.927. The van der Waals surface area contributed by atoms with Crippen LogP contribution in [0.15, 0.2) is 48.7 Å². The molecule has 1 aromatic carbocycles. The number of carbonyl (C=O) groups is 1. The minimum atomic E-state index is 0.0609. The van der Waals surface area contributed by atoms with Crippen molar-refractivity contribution in [3.63, 3.8) is 0 Å². The molecule has 20 heavy (non-hydrogen) atoms. The van der Waals surface area contributed by atoms with E-state index < -0.39 is 0 Å². The van der Waals surface area contributed by atoms with Crippen LogP contribution in [0.5, 0.6) is 5.88 Å². The maximum atomic E-state index is 12.1. The Balaban J connectivity index is 1.61. The van der Waals surface area contributed by atoms with Crippen LogP contribution in [-0.2, 0) is 4.79 Å². The minimum Gasteiger partial charge on any atom is -0.481 e. The summed E-state index contributed by atoms with van der Waals surface area (Å²) in [7, 11) is 1.56. The highest BCUT2D eigenvalue weighted by atomic mass is 16.5. The number of ether oxygens (including phenoxy) is 1. The lowest BCUT2D eigenvalue weighted by atomic mass is 10.1. The number of methoxy groups -OCH3 is 1. The summed E-state index contributed by atoms with van der Waals surface area (Å²) in [6, 6.07) is 13.7. The van der Waals surface area contributed by atoms with Gasteiger partial charge in [0.25, 0.3) is 0 Å². The molecule has 1 heterocycles. The Hall–Kier alpha value is -2.36. The monoisotopic (exact) mass is 268 g/mol. The topological polar surface area (TPSA) is 51.2 Å². The fourth-order valence-electron chi connectivity index (χ4n) is 2.36. The fraction of sp³-hybridized carbons (Fsp3) is 0.250. The third kappa shape index (κ3) is 2.64. The number of benzene rings is 1. The molecule has 2 unspecified atom stereocenters. The van der Waals surface area contributed by atoms with Crippen molar-refractivity contribution < 1.29 is 9.53 Å². The normalized spacial score (nSPS) is 20.2. The van der Waals surface area contributed by atoms with Crippen molar-refractivity contribution in [1.82, 2.24) is 4.98 Å². The predicted octanol–water partition coefficient (Wildman–Crippen LogP) is 2.83. The molecule has 0 spiro atoms. The lowest BCUT2D eigenvalue weighted by Gasteiger charge is -2.05. The van der Waals surface area contributed by atoms with E-state index in [0.717, 1.165) is 6.42 Å². The zero-order valence-electron chi connectivity index (χ0n) is 11.2. The second-order valence-corrected chi connectivity index (χ2v) is 4.94. The highest BCUT2D eigenvalue weighted by molar-refractivity contribution is 5.95. The third-order valence-corrected chi connectivity index (χ3v) is 3.57. The number of amides is 1. The highest BCUT2D eigenvalue weighted by Gasteiger charge is 2.43. The highest BCUT2D eigenvalue weighted by Crippen LogP contribution is 2.47. The summed E-state index contributed by atoms with van der Waals surface area (Å²) < 4.78 is 4.99. The summed E-state index contributed by atoms with van der Waals surface area (Å²) in [5, 5.41) is 2.90. The number of hydrogen-bond donors (Lipinski definition) is 1. The van der Waals surface area contributed by atoms with Crippen LogP contribution in [0, 0.1) is 5.92 Å². The number of nitrogens with one attached hydrogen (secondary N) is 1. The molecule has 1 saturated carbocycles. The molecule has 4 heteroatoms. The zero-order chi connectivity index (χ0) is 13.9. The van der Waals surface area contributed by atoms with E-state index in [1.165, 1.54) is 5.56 Å². The standard InChI is InChI=1S/C16H16N2O2/c1-20-15-8-7-12(10-17-15)18-16(19)14-9-13(14)11-5-3-2-4-6-11/h2-8,10,13-14H,9H2,1H3,(H,18,19). The van der Waals surface area contributed by atoms with E-state index in [1.807, 2.05) is 18.2 Å². The number of pyridine rings is 1. The molecule has 102 valence electrons. The second kappa shape index (κ2) is 5.33. The molecular weight excluding hydrogens is 252 g/mol. The van der Waals surface area contributed by atoms with Gasteiger partial charge in [0.1, 0.15) is 0 Å². The molecule has 1 aliphatic rings. The number of nitrogens with zero attached hydrogens (tertiary/aromatic N) is 1. The molecular formula is C16H16N2O2. The lowest BCUT2D eigenvalue weighted by Crippen LogP contribution is -2.14. The van der Waals surface area contributed by atoms with Crippen molar-refractivity contribution in [2.24, 2.45) is 5.92 Å². The van der Waals surface area contributed by atoms with E-state index in [4.69, 9.17) is 4.74 Å². The molecule has 1 fully saturated rings. The van der Waals surface area contributed by atoms with E-state index in [9.17, 15) is 4.79 Å². The first kappa shape index (κ1) is 12.7. The van der Waals surface area contributed by atoms with Gasteiger partial charge in [-0.1, -0.05) is 30.3 Å². The van der Waals surface area contributed by atoms with Crippen molar-refractivity contribution in [3.05, 3.63) is 54.2 Å². The second-order valence-electron chi connectivity index (χ2n) is 4.94. The van der Waals surface area contributed by atoms with Gasteiger partial charge in [-0.2, -0.15) is 0 Å². The molecule has 3 rings (SSSR count). The number of rotatable bonds is 4. The van der Waals surface area contributed by atoms with E-state index in [1.54, 1.807) is 25.4 Å². The van der Waals surface area contributed by atoms with Crippen LogP contribution >= 0.6 is 0 Å². The van der Waals surface area contributed by atoms with Gasteiger partial charge >= 0.3 is 0 Å². The summed E-state index contributed by atoms with van der Waals surface area (Å²) in [6.07, 6.45) is 2.52. The summed E-state index contributed by atoms with van der Waals surface area (Å²) in [5.41, 5.74) is 1.94. The molecule has 2 atom stereocenters. The van der Waals surface area contributed by atoms with E-state index in [-0.39, 0.29) is 11.8 Å². The van der Waals surface area contributed by atoms with Crippen molar-refractivity contribution in [2.75, 3.05) is 12.4 Å². The summed E-state index contributed by atoms with van der Waals surface area (Å²) in [5.74, 6) is 1.02. The number of hydrogen-bond acceptors (Lipinski definition) is 3. The number of aromatic nitrogens is 1. The van der Waals surface area contributed by atoms with Crippen molar-refractivity contribution in [3.8, 4) is 5.88 Å². The molecule has 4 nitrogen and oxygen atoms in total. The van der Waals surface area contributed by atoms with Crippen LogP contribution in [-0.4, -0.2) is 18.0 Å². The Morgan fingerprint density at radius 1 is 1.25 bits per heavy atom. The molecule has 2 aromatic rings. The first-order chi connectivity index (χ1) is 9.78. The van der Waals surface area contributed by atoms with Gasteiger partial charge in [-0.25, -0.2) is 4.98 Å². The average Bonchev–Trinajstić information content (AvgIpc) is 3.29. The average molecular weight is 268 g/mol. The Labute approximate surface area is 117 Å². The van der Waals surface area contributed by atoms with Gasteiger partial charge in [-0.15, -0.1) is 0 Å². The summed E-state index contributed by atoms with van der Waals surface area (Å²) >= 11 is 0. The predicted molar refractivity (Wildman–Crippen MR) is 76.7 cm³/mol. The van der Waals surface area contributed by atoms with Crippen molar-refractivity contribution in [1.29, 1.82) is 0 Å². The maximum Gasteiger partial charge on any atom is 0.228 e. The van der Waals surface area contributed by atoms with Gasteiger partial charge in [0.15, 0.2) is 0 Å².